The van der Waals surface area contributed by atoms with E-state index in [2.05, 4.69) is 381 Å². The van der Waals surface area contributed by atoms with Gasteiger partial charge < -0.3 is 24.0 Å². The average Bonchev–Trinajstić information content (AvgIpc) is 1.64. The van der Waals surface area contributed by atoms with Gasteiger partial charge in [-0.15, -0.1) is 0 Å². The van der Waals surface area contributed by atoms with E-state index < -0.39 is 16.2 Å². The number of rotatable bonds is 5. The molecule has 0 atom stereocenters. The van der Waals surface area contributed by atoms with Gasteiger partial charge in [-0.2, -0.15) is 0 Å². The van der Waals surface area contributed by atoms with Crippen molar-refractivity contribution in [2.45, 2.75) is 149 Å². The van der Waals surface area contributed by atoms with Gasteiger partial charge in [0.05, 0.1) is 16.8 Å². The Labute approximate surface area is 632 Å². The van der Waals surface area contributed by atoms with Crippen LogP contribution in [0, 0.1) is 0 Å². The van der Waals surface area contributed by atoms with Crippen molar-refractivity contribution in [2.75, 3.05) is 9.80 Å². The van der Waals surface area contributed by atoms with Crippen molar-refractivity contribution in [3.63, 3.8) is 0 Å². The van der Waals surface area contributed by atoms with Crippen LogP contribution in [0.3, 0.4) is 0 Å². The van der Waals surface area contributed by atoms with E-state index in [1.807, 2.05) is 0 Å². The van der Waals surface area contributed by atoms with Crippen LogP contribution in [0.25, 0.3) is 44.5 Å². The van der Waals surface area contributed by atoms with Crippen LogP contribution in [0.15, 0.2) is 261 Å². The molecule has 6 heteroatoms. The van der Waals surface area contributed by atoms with Crippen molar-refractivity contribution < 1.29 is 14.2 Å². The van der Waals surface area contributed by atoms with Crippen molar-refractivity contribution >= 4 is 57.2 Å². The number of fused-ring (bicyclic) bond motifs is 17. The molecule has 0 N–H and O–H groups in total. The Morgan fingerprint density at radius 1 is 0.252 bits per heavy atom. The normalized spacial score (nSPS) is 15.5. The predicted octanol–water partition coefficient (Wildman–Crippen LogP) is 25.3. The molecule has 0 saturated heterocycles. The number of nitrogens with zero attached hydrogens (tertiary/aromatic N) is 2. The molecule has 19 rings (SSSR count). The molecule has 0 unspecified atom stereocenters. The molecule has 0 bridgehead atoms. The van der Waals surface area contributed by atoms with Crippen LogP contribution >= 0.6 is 0 Å². The third-order valence-corrected chi connectivity index (χ3v) is 24.6. The molecular formula is C101H91BN2O3. The number of para-hydroxylation sites is 5. The van der Waals surface area contributed by atoms with Crippen molar-refractivity contribution in [2.24, 2.45) is 0 Å². The highest BCUT2D eigenvalue weighted by atomic mass is 16.5. The van der Waals surface area contributed by atoms with Crippen LogP contribution in [0.5, 0.6) is 34.5 Å². The molecule has 0 aromatic heterocycles. The van der Waals surface area contributed by atoms with E-state index in [1.165, 1.54) is 83.1 Å². The highest BCUT2D eigenvalue weighted by Gasteiger charge is 2.53. The van der Waals surface area contributed by atoms with Gasteiger partial charge in [0.15, 0.2) is 0 Å². The van der Waals surface area contributed by atoms with E-state index >= 15 is 0 Å². The summed E-state index contributed by atoms with van der Waals surface area (Å²) in [6, 6.07) is 99.3. The maximum atomic E-state index is 7.38. The highest BCUT2D eigenvalue weighted by Crippen LogP contribution is 2.64. The zero-order valence-electron chi connectivity index (χ0n) is 64.5. The highest BCUT2D eigenvalue weighted by molar-refractivity contribution is 7.00. The van der Waals surface area contributed by atoms with Gasteiger partial charge in [0.2, 0.25) is 0 Å². The van der Waals surface area contributed by atoms with Crippen LogP contribution in [0.2, 0.25) is 0 Å². The van der Waals surface area contributed by atoms with E-state index in [0.717, 1.165) is 113 Å². The van der Waals surface area contributed by atoms with E-state index in [-0.39, 0.29) is 28.4 Å². The molecule has 6 aliphatic rings. The van der Waals surface area contributed by atoms with Crippen molar-refractivity contribution in [3.8, 4) is 79.0 Å². The lowest BCUT2D eigenvalue weighted by Crippen LogP contribution is -2.62. The van der Waals surface area contributed by atoms with Crippen molar-refractivity contribution in [1.29, 1.82) is 0 Å². The molecule has 526 valence electrons. The summed E-state index contributed by atoms with van der Waals surface area (Å²) >= 11 is 0. The topological polar surface area (TPSA) is 34.2 Å². The van der Waals surface area contributed by atoms with Gasteiger partial charge in [-0.05, 0) is 159 Å². The monoisotopic (exact) mass is 1390 g/mol. The van der Waals surface area contributed by atoms with Crippen LogP contribution in [0.1, 0.15) is 178 Å². The summed E-state index contributed by atoms with van der Waals surface area (Å²) in [5.41, 5.74) is 31.8. The zero-order valence-corrected chi connectivity index (χ0v) is 64.5. The summed E-state index contributed by atoms with van der Waals surface area (Å²) < 4.78 is 22.0. The summed E-state index contributed by atoms with van der Waals surface area (Å²) in [5.74, 6) is 5.18. The number of hydrogen-bond acceptors (Lipinski definition) is 5. The molecule has 1 spiro atoms. The second kappa shape index (κ2) is 23.0. The maximum absolute atomic E-state index is 7.38. The van der Waals surface area contributed by atoms with Gasteiger partial charge in [-0.25, -0.2) is 0 Å². The fourth-order valence-electron chi connectivity index (χ4n) is 18.7. The molecule has 107 heavy (non-hydrogen) atoms. The fraction of sp³-hybridized carbons (Fsp3) is 0.228. The maximum Gasteiger partial charge on any atom is 0.252 e. The van der Waals surface area contributed by atoms with E-state index in [1.54, 1.807) is 0 Å². The molecule has 0 radical (unpaired) electrons. The van der Waals surface area contributed by atoms with Crippen LogP contribution in [-0.2, 0) is 37.9 Å². The molecular weight excluding hydrogens is 1300 g/mol. The van der Waals surface area contributed by atoms with Crippen molar-refractivity contribution in [1.82, 2.24) is 0 Å². The third kappa shape index (κ3) is 9.96. The van der Waals surface area contributed by atoms with E-state index in [4.69, 9.17) is 14.2 Å². The minimum absolute atomic E-state index is 0.136. The largest absolute Gasteiger partial charge is 0.457 e. The van der Waals surface area contributed by atoms with Gasteiger partial charge in [-0.3, -0.25) is 0 Å². The lowest BCUT2D eigenvalue weighted by atomic mass is 9.33. The Kier molecular flexibility index (Phi) is 14.3. The summed E-state index contributed by atoms with van der Waals surface area (Å²) in [4.78, 5) is 5.28. The molecule has 1 aliphatic carbocycles. The van der Waals surface area contributed by atoms with Gasteiger partial charge in [-0.1, -0.05) is 305 Å². The summed E-state index contributed by atoms with van der Waals surface area (Å²) in [6.45, 7) is 37.4. The van der Waals surface area contributed by atoms with Crippen molar-refractivity contribution in [3.05, 3.63) is 328 Å². The molecule has 13 aromatic rings. The molecule has 5 aliphatic heterocycles. The molecule has 0 fully saturated rings. The Morgan fingerprint density at radius 2 is 0.598 bits per heavy atom. The smallest absolute Gasteiger partial charge is 0.252 e. The average molecular weight is 1390 g/mol. The molecule has 5 nitrogen and oxygen atoms in total. The third-order valence-electron chi connectivity index (χ3n) is 24.6. The molecule has 0 saturated carbocycles. The SMILES string of the molecule is CC(C)(C)c1cc(-c2ccccc2N2c3cc4c(cc3B3c5cc6c(cc5N(c5ccccc5-c5cc(C(C)(C)C)cc(C(C)(C)C)c5)c5cc(-c7ccc8c(c7)C7(c9ccccc9O8)c8ccccc8-c8ccccc87)cc2c53)Oc2ccccc2C6(C)C)C(C)(C)c2ccccc2O4)cc(C(C)(C)C)c1. The van der Waals surface area contributed by atoms with Gasteiger partial charge in [0.1, 0.15) is 34.5 Å². The first-order valence-corrected chi connectivity index (χ1v) is 38.4. The first-order valence-electron chi connectivity index (χ1n) is 38.4. The van der Waals surface area contributed by atoms with Crippen LogP contribution < -0.4 is 40.4 Å². The number of anilines is 6. The fourth-order valence-corrected chi connectivity index (χ4v) is 18.7. The van der Waals surface area contributed by atoms with E-state index in [0.29, 0.717) is 0 Å². The Morgan fingerprint density at radius 3 is 1.02 bits per heavy atom. The summed E-state index contributed by atoms with van der Waals surface area (Å²) in [7, 11) is 0. The quantitative estimate of drug-likeness (QED) is 0.160. The second-order valence-corrected chi connectivity index (χ2v) is 36.1. The summed E-state index contributed by atoms with van der Waals surface area (Å²) in [5, 5.41) is 0. The lowest BCUT2D eigenvalue weighted by molar-refractivity contribution is 0.418. The lowest BCUT2D eigenvalue weighted by Gasteiger charge is -2.47. The van der Waals surface area contributed by atoms with Gasteiger partial charge in [0, 0.05) is 90.2 Å². The standard InChI is InChI=1S/C101H91BN2O3/c1-95(2,3)64-47-62(48-65(54-64)96(4,5)6)68-31-19-26-40-82(68)103-84-58-92-77(99(13,14)74-37-23-28-42-88(74)106-92)56-80(84)102-81-57-78-93(107-89-43-29-24-38-75(89)100(78,15)16)59-85(81)104(83-41-27-20-32-69(83)63-49-66(97(7,8)9)55-67(50-63)98(10,11)12)87-53-61(52-86(103)94(87)102)60-45-46-91-79(51-60)101(76-39-25-30-44-90(76)105-91)72-35-21-17-33-70(72)71-34-18-22-36-73(71)101/h17-59H,1-16H3. The van der Waals surface area contributed by atoms with E-state index in [9.17, 15) is 0 Å². The van der Waals surface area contributed by atoms with Gasteiger partial charge in [0.25, 0.3) is 6.71 Å². The molecule has 5 heterocycles. The first-order chi connectivity index (χ1) is 51.1. The number of benzene rings is 13. The van der Waals surface area contributed by atoms with Crippen LogP contribution in [0.4, 0.5) is 34.1 Å². The minimum atomic E-state index is -0.702. The molecule has 0 amide bonds. The Hall–Kier alpha value is -11.1. The molecule has 13 aromatic carbocycles. The number of ether oxygens (including phenoxy) is 3. The summed E-state index contributed by atoms with van der Waals surface area (Å²) in [6.07, 6.45) is 0. The second-order valence-electron chi connectivity index (χ2n) is 36.1. The van der Waals surface area contributed by atoms with Gasteiger partial charge >= 0.3 is 0 Å². The number of hydrogen-bond donors (Lipinski definition) is 0. The first kappa shape index (κ1) is 66.6. The Bertz CT molecular complexity index is 5590. The van der Waals surface area contributed by atoms with Crippen LogP contribution in [-0.4, -0.2) is 6.71 Å². The predicted molar refractivity (Wildman–Crippen MR) is 446 cm³/mol. The zero-order chi connectivity index (χ0) is 74.0. The Balaban J connectivity index is 0.971. The minimum Gasteiger partial charge on any atom is -0.457 e.